The molecule has 0 aliphatic carbocycles. The highest BCUT2D eigenvalue weighted by atomic mass is 16.5. The maximum absolute atomic E-state index is 12.7. The number of amides is 1. The molecule has 0 aliphatic heterocycles. The molecule has 0 aliphatic rings. The van der Waals surface area contributed by atoms with Gasteiger partial charge in [-0.05, 0) is 42.8 Å². The minimum atomic E-state index is -0.150. The lowest BCUT2D eigenvalue weighted by atomic mass is 10.0. The Morgan fingerprint density at radius 3 is 2.28 bits per heavy atom. The molecule has 0 spiro atoms. The van der Waals surface area contributed by atoms with Crippen LogP contribution in [0, 0.1) is 0 Å². The van der Waals surface area contributed by atoms with Crippen LogP contribution >= 0.6 is 0 Å². The lowest BCUT2D eigenvalue weighted by Crippen LogP contribution is -2.23. The molecule has 29 heavy (non-hydrogen) atoms. The summed E-state index contributed by atoms with van der Waals surface area (Å²) < 4.78 is 10.8. The quantitative estimate of drug-likeness (QED) is 0.578. The largest absolute Gasteiger partial charge is 0.493 e. The van der Waals surface area contributed by atoms with Crippen LogP contribution in [0.4, 0.5) is 0 Å². The fraction of sp³-hybridized carbons (Fsp3) is 0.375. The van der Waals surface area contributed by atoms with Crippen molar-refractivity contribution < 1.29 is 14.3 Å². The summed E-state index contributed by atoms with van der Waals surface area (Å²) in [6, 6.07) is 11.9. The molecule has 2 rings (SSSR count). The molecular weight excluding hydrogens is 364 g/mol. The SMILES string of the molecule is C=CCc1cc(C(=O)NCc2ccc(CN(CC)CC)cc2)cc(OC)c1OC. The van der Waals surface area contributed by atoms with Crippen LogP contribution in [0.5, 0.6) is 11.5 Å². The zero-order valence-electron chi connectivity index (χ0n) is 18.0. The second-order valence-corrected chi connectivity index (χ2v) is 6.82. The van der Waals surface area contributed by atoms with Crippen molar-refractivity contribution in [3.63, 3.8) is 0 Å². The Bertz CT molecular complexity index is 812. The van der Waals surface area contributed by atoms with Crippen LogP contribution in [-0.4, -0.2) is 38.1 Å². The molecule has 5 nitrogen and oxygen atoms in total. The third-order valence-corrected chi connectivity index (χ3v) is 4.96. The summed E-state index contributed by atoms with van der Waals surface area (Å²) in [5.74, 6) is 1.02. The van der Waals surface area contributed by atoms with E-state index in [1.54, 1.807) is 26.4 Å². The molecule has 0 saturated heterocycles. The molecule has 0 atom stereocenters. The number of benzene rings is 2. The third kappa shape index (κ3) is 6.09. The Balaban J connectivity index is 2.07. The zero-order chi connectivity index (χ0) is 21.2. The van der Waals surface area contributed by atoms with Gasteiger partial charge in [0.2, 0.25) is 0 Å². The number of hydrogen-bond acceptors (Lipinski definition) is 4. The van der Waals surface area contributed by atoms with E-state index in [1.165, 1.54) is 5.56 Å². The highest BCUT2D eigenvalue weighted by Gasteiger charge is 2.15. The number of methoxy groups -OCH3 is 2. The first-order chi connectivity index (χ1) is 14.1. The predicted molar refractivity (Wildman–Crippen MR) is 118 cm³/mol. The molecule has 1 N–H and O–H groups in total. The van der Waals surface area contributed by atoms with Crippen LogP contribution in [0.1, 0.15) is 40.9 Å². The van der Waals surface area contributed by atoms with Gasteiger partial charge in [-0.1, -0.05) is 44.2 Å². The number of nitrogens with zero attached hydrogens (tertiary/aromatic N) is 1. The fourth-order valence-corrected chi connectivity index (χ4v) is 3.23. The number of rotatable bonds is 11. The normalized spacial score (nSPS) is 10.7. The summed E-state index contributed by atoms with van der Waals surface area (Å²) in [5.41, 5.74) is 3.75. The van der Waals surface area contributed by atoms with Crippen LogP contribution in [-0.2, 0) is 19.5 Å². The molecule has 0 fully saturated rings. The molecule has 0 saturated carbocycles. The highest BCUT2D eigenvalue weighted by Crippen LogP contribution is 2.33. The molecule has 0 unspecified atom stereocenters. The van der Waals surface area contributed by atoms with E-state index in [2.05, 4.69) is 54.9 Å². The van der Waals surface area contributed by atoms with Crippen LogP contribution in [0.3, 0.4) is 0 Å². The van der Waals surface area contributed by atoms with Crippen molar-refractivity contribution in [3.05, 3.63) is 71.3 Å². The summed E-state index contributed by atoms with van der Waals surface area (Å²) in [5, 5.41) is 2.98. The van der Waals surface area contributed by atoms with E-state index in [4.69, 9.17) is 9.47 Å². The van der Waals surface area contributed by atoms with Crippen molar-refractivity contribution in [2.75, 3.05) is 27.3 Å². The van der Waals surface area contributed by atoms with Crippen LogP contribution in [0.15, 0.2) is 49.1 Å². The first-order valence-corrected chi connectivity index (χ1v) is 10.00. The van der Waals surface area contributed by atoms with E-state index in [0.29, 0.717) is 30.0 Å². The van der Waals surface area contributed by atoms with Gasteiger partial charge >= 0.3 is 0 Å². The van der Waals surface area contributed by atoms with Crippen LogP contribution in [0.25, 0.3) is 0 Å². The number of carbonyl (C=O) groups excluding carboxylic acids is 1. The van der Waals surface area contributed by atoms with Crippen molar-refractivity contribution in [1.82, 2.24) is 10.2 Å². The topological polar surface area (TPSA) is 50.8 Å². The second kappa shape index (κ2) is 11.3. The molecule has 0 bridgehead atoms. The number of hydrogen-bond donors (Lipinski definition) is 1. The second-order valence-electron chi connectivity index (χ2n) is 6.82. The van der Waals surface area contributed by atoms with Crippen LogP contribution < -0.4 is 14.8 Å². The number of carbonyl (C=O) groups is 1. The average Bonchev–Trinajstić information content (AvgIpc) is 2.76. The third-order valence-electron chi connectivity index (χ3n) is 4.96. The van der Waals surface area contributed by atoms with Gasteiger partial charge in [0.15, 0.2) is 11.5 Å². The zero-order valence-corrected chi connectivity index (χ0v) is 18.0. The predicted octanol–water partition coefficient (Wildman–Crippen LogP) is 4.20. The molecule has 0 radical (unpaired) electrons. The van der Waals surface area contributed by atoms with Crippen molar-refractivity contribution in [2.45, 2.75) is 33.4 Å². The molecule has 0 aromatic heterocycles. The Labute approximate surface area is 174 Å². The van der Waals surface area contributed by atoms with Crippen molar-refractivity contribution >= 4 is 5.91 Å². The van der Waals surface area contributed by atoms with Crippen molar-refractivity contribution in [2.24, 2.45) is 0 Å². The van der Waals surface area contributed by atoms with Gasteiger partial charge in [-0.2, -0.15) is 0 Å². The number of allylic oxidation sites excluding steroid dienone is 1. The first kappa shape index (κ1) is 22.5. The Hall–Kier alpha value is -2.79. The first-order valence-electron chi connectivity index (χ1n) is 10.00. The maximum Gasteiger partial charge on any atom is 0.251 e. The van der Waals surface area contributed by atoms with Gasteiger partial charge in [-0.15, -0.1) is 6.58 Å². The lowest BCUT2D eigenvalue weighted by Gasteiger charge is -2.18. The monoisotopic (exact) mass is 396 g/mol. The van der Waals surface area contributed by atoms with E-state index < -0.39 is 0 Å². The van der Waals surface area contributed by atoms with Gasteiger partial charge in [0.05, 0.1) is 14.2 Å². The van der Waals surface area contributed by atoms with Crippen molar-refractivity contribution in [3.8, 4) is 11.5 Å². The summed E-state index contributed by atoms with van der Waals surface area (Å²) >= 11 is 0. The standard InChI is InChI=1S/C24H32N2O3/c1-6-9-20-14-21(15-22(28-4)23(20)29-5)24(27)25-16-18-10-12-19(13-11-18)17-26(7-2)8-3/h6,10-15H,1,7-9,16-17H2,2-5H3,(H,25,27). The van der Waals surface area contributed by atoms with Gasteiger partial charge in [0.1, 0.15) is 0 Å². The summed E-state index contributed by atoms with van der Waals surface area (Å²) in [7, 11) is 3.16. The molecule has 1 amide bonds. The Morgan fingerprint density at radius 1 is 1.07 bits per heavy atom. The fourth-order valence-electron chi connectivity index (χ4n) is 3.23. The van der Waals surface area contributed by atoms with Gasteiger partial charge in [0, 0.05) is 24.2 Å². The summed E-state index contributed by atoms with van der Waals surface area (Å²) in [4.78, 5) is 15.1. The van der Waals surface area contributed by atoms with E-state index in [0.717, 1.165) is 30.8 Å². The van der Waals surface area contributed by atoms with E-state index in [1.807, 2.05) is 6.07 Å². The van der Waals surface area contributed by atoms with E-state index >= 15 is 0 Å². The number of ether oxygens (including phenoxy) is 2. The van der Waals surface area contributed by atoms with E-state index in [9.17, 15) is 4.79 Å². The maximum atomic E-state index is 12.7. The lowest BCUT2D eigenvalue weighted by molar-refractivity contribution is 0.0950. The Morgan fingerprint density at radius 2 is 1.72 bits per heavy atom. The van der Waals surface area contributed by atoms with Gasteiger partial charge in [-0.25, -0.2) is 0 Å². The Kier molecular flexibility index (Phi) is 8.74. The minimum Gasteiger partial charge on any atom is -0.493 e. The highest BCUT2D eigenvalue weighted by molar-refractivity contribution is 5.95. The molecule has 0 heterocycles. The molecular formula is C24H32N2O3. The molecule has 5 heteroatoms. The molecule has 156 valence electrons. The van der Waals surface area contributed by atoms with Crippen molar-refractivity contribution in [1.29, 1.82) is 0 Å². The minimum absolute atomic E-state index is 0.150. The molecule has 2 aromatic carbocycles. The van der Waals surface area contributed by atoms with Gasteiger partial charge < -0.3 is 14.8 Å². The van der Waals surface area contributed by atoms with Gasteiger partial charge in [0.25, 0.3) is 5.91 Å². The summed E-state index contributed by atoms with van der Waals surface area (Å²) in [6.07, 6.45) is 2.37. The van der Waals surface area contributed by atoms with Crippen LogP contribution in [0.2, 0.25) is 0 Å². The molecule has 2 aromatic rings. The van der Waals surface area contributed by atoms with E-state index in [-0.39, 0.29) is 5.91 Å². The number of nitrogens with one attached hydrogen (secondary N) is 1. The van der Waals surface area contributed by atoms with Gasteiger partial charge in [-0.3, -0.25) is 9.69 Å². The smallest absolute Gasteiger partial charge is 0.251 e. The average molecular weight is 397 g/mol. The summed E-state index contributed by atoms with van der Waals surface area (Å²) in [6.45, 7) is 11.6.